The molecule has 1 saturated heterocycles. The molecule has 88 valence electrons. The van der Waals surface area contributed by atoms with Crippen LogP contribution in [0.2, 0.25) is 0 Å². The van der Waals surface area contributed by atoms with Gasteiger partial charge >= 0.3 is 0 Å². The number of fused-ring (bicyclic) bond motifs is 1. The van der Waals surface area contributed by atoms with Crippen LogP contribution in [0.15, 0.2) is 36.5 Å². The Morgan fingerprint density at radius 3 is 2.94 bits per heavy atom. The van der Waals surface area contributed by atoms with Crippen molar-refractivity contribution >= 4 is 10.9 Å². The second-order valence-electron chi connectivity index (χ2n) is 4.57. The molecular formula is C14H15NO2. The minimum absolute atomic E-state index is 0.364. The first kappa shape index (κ1) is 10.7. The van der Waals surface area contributed by atoms with E-state index in [9.17, 15) is 5.11 Å². The molecular weight excluding hydrogens is 214 g/mol. The van der Waals surface area contributed by atoms with Gasteiger partial charge in [0.05, 0.1) is 12.1 Å². The van der Waals surface area contributed by atoms with Gasteiger partial charge in [-0.2, -0.15) is 0 Å². The van der Waals surface area contributed by atoms with Crippen molar-refractivity contribution in [1.29, 1.82) is 0 Å². The van der Waals surface area contributed by atoms with Gasteiger partial charge in [-0.15, -0.1) is 0 Å². The average molecular weight is 229 g/mol. The molecule has 1 unspecified atom stereocenters. The third-order valence-corrected chi connectivity index (χ3v) is 3.35. The fraction of sp³-hybridized carbons (Fsp3) is 0.357. The van der Waals surface area contributed by atoms with Crippen LogP contribution >= 0.6 is 0 Å². The molecule has 1 aromatic heterocycles. The van der Waals surface area contributed by atoms with E-state index >= 15 is 0 Å². The van der Waals surface area contributed by atoms with Crippen LogP contribution in [0.4, 0.5) is 0 Å². The van der Waals surface area contributed by atoms with E-state index in [1.807, 2.05) is 30.3 Å². The molecule has 1 aliphatic heterocycles. The van der Waals surface area contributed by atoms with Crippen molar-refractivity contribution < 1.29 is 9.84 Å². The van der Waals surface area contributed by atoms with Gasteiger partial charge in [0, 0.05) is 23.8 Å². The molecule has 0 spiro atoms. The van der Waals surface area contributed by atoms with Crippen molar-refractivity contribution in [3.63, 3.8) is 0 Å². The Morgan fingerprint density at radius 2 is 2.12 bits per heavy atom. The normalized spacial score (nSPS) is 25.0. The maximum Gasteiger partial charge on any atom is 0.115 e. The molecule has 17 heavy (non-hydrogen) atoms. The zero-order valence-corrected chi connectivity index (χ0v) is 9.60. The third-order valence-electron chi connectivity index (χ3n) is 3.35. The van der Waals surface area contributed by atoms with Crippen molar-refractivity contribution in [2.75, 3.05) is 13.2 Å². The van der Waals surface area contributed by atoms with Gasteiger partial charge in [-0.05, 0) is 18.9 Å². The molecule has 3 nitrogen and oxygen atoms in total. The topological polar surface area (TPSA) is 42.4 Å². The summed E-state index contributed by atoms with van der Waals surface area (Å²) in [6, 6.07) is 9.85. The molecule has 0 bridgehead atoms. The Kier molecular flexibility index (Phi) is 2.57. The number of aliphatic hydroxyl groups is 1. The van der Waals surface area contributed by atoms with Gasteiger partial charge in [-0.3, -0.25) is 4.98 Å². The molecule has 2 heterocycles. The molecule has 0 amide bonds. The highest BCUT2D eigenvalue weighted by Crippen LogP contribution is 2.33. The summed E-state index contributed by atoms with van der Waals surface area (Å²) in [6.45, 7) is 1.10. The molecule has 0 radical (unpaired) electrons. The van der Waals surface area contributed by atoms with Crippen molar-refractivity contribution in [1.82, 2.24) is 4.98 Å². The summed E-state index contributed by atoms with van der Waals surface area (Å²) >= 11 is 0. The molecule has 1 fully saturated rings. The highest BCUT2D eigenvalue weighted by atomic mass is 16.5. The van der Waals surface area contributed by atoms with Gasteiger partial charge in [0.2, 0.25) is 0 Å². The van der Waals surface area contributed by atoms with E-state index in [4.69, 9.17) is 4.74 Å². The van der Waals surface area contributed by atoms with E-state index in [1.54, 1.807) is 6.20 Å². The smallest absolute Gasteiger partial charge is 0.115 e. The zero-order valence-electron chi connectivity index (χ0n) is 9.60. The Balaban J connectivity index is 2.16. The number of rotatable bonds is 1. The minimum Gasteiger partial charge on any atom is -0.383 e. The quantitative estimate of drug-likeness (QED) is 0.815. The van der Waals surface area contributed by atoms with E-state index in [1.165, 1.54) is 0 Å². The largest absolute Gasteiger partial charge is 0.383 e. The Labute approximate surface area is 100 Å². The predicted octanol–water partition coefficient (Wildman–Crippen LogP) is 2.23. The summed E-state index contributed by atoms with van der Waals surface area (Å²) in [6.07, 6.45) is 3.39. The van der Waals surface area contributed by atoms with Gasteiger partial charge in [0.15, 0.2) is 0 Å². The van der Waals surface area contributed by atoms with E-state index in [0.29, 0.717) is 6.61 Å². The monoisotopic (exact) mass is 229 g/mol. The SMILES string of the molecule is OC1(c2cccc3cccnc23)CCCOC1. The maximum absolute atomic E-state index is 10.7. The summed E-state index contributed by atoms with van der Waals surface area (Å²) in [4.78, 5) is 4.39. The first-order valence-corrected chi connectivity index (χ1v) is 5.94. The third kappa shape index (κ3) is 1.81. The van der Waals surface area contributed by atoms with E-state index in [2.05, 4.69) is 4.98 Å². The van der Waals surface area contributed by atoms with Crippen LogP contribution in [0.3, 0.4) is 0 Å². The Bertz CT molecular complexity index is 527. The van der Waals surface area contributed by atoms with Crippen LogP contribution in [0.5, 0.6) is 0 Å². The standard InChI is InChI=1S/C14H15NO2/c16-14(7-3-9-17-10-14)12-6-1-4-11-5-2-8-15-13(11)12/h1-2,4-6,8,16H,3,7,9-10H2. The highest BCUT2D eigenvalue weighted by Gasteiger charge is 2.33. The van der Waals surface area contributed by atoms with E-state index in [-0.39, 0.29) is 0 Å². The number of aromatic nitrogens is 1. The number of para-hydroxylation sites is 1. The average Bonchev–Trinajstić information content (AvgIpc) is 2.39. The summed E-state index contributed by atoms with van der Waals surface area (Å²) in [5.74, 6) is 0. The molecule has 0 aliphatic carbocycles. The van der Waals surface area contributed by atoms with E-state index in [0.717, 1.165) is 35.9 Å². The van der Waals surface area contributed by atoms with Crippen molar-refractivity contribution in [2.45, 2.75) is 18.4 Å². The Morgan fingerprint density at radius 1 is 1.24 bits per heavy atom. The van der Waals surface area contributed by atoms with E-state index < -0.39 is 5.60 Å². The first-order chi connectivity index (χ1) is 8.30. The molecule has 1 N–H and O–H groups in total. The van der Waals surface area contributed by atoms with Gasteiger partial charge in [0.25, 0.3) is 0 Å². The number of hydrogen-bond donors (Lipinski definition) is 1. The van der Waals surface area contributed by atoms with Crippen molar-refractivity contribution in [3.05, 3.63) is 42.1 Å². The second-order valence-corrected chi connectivity index (χ2v) is 4.57. The number of nitrogens with zero attached hydrogens (tertiary/aromatic N) is 1. The van der Waals surface area contributed by atoms with Crippen molar-refractivity contribution in [2.24, 2.45) is 0 Å². The number of benzene rings is 1. The van der Waals surface area contributed by atoms with Crippen LogP contribution in [0, 0.1) is 0 Å². The predicted molar refractivity (Wildman–Crippen MR) is 65.7 cm³/mol. The first-order valence-electron chi connectivity index (χ1n) is 5.94. The maximum atomic E-state index is 10.7. The molecule has 3 rings (SSSR count). The van der Waals surface area contributed by atoms with Gasteiger partial charge in [-0.25, -0.2) is 0 Å². The lowest BCUT2D eigenvalue weighted by molar-refractivity contribution is -0.0894. The van der Waals surface area contributed by atoms with Crippen LogP contribution in [0.25, 0.3) is 10.9 Å². The molecule has 1 aromatic carbocycles. The molecule has 3 heteroatoms. The van der Waals surface area contributed by atoms with Gasteiger partial charge in [-0.1, -0.05) is 24.3 Å². The summed E-state index contributed by atoms with van der Waals surface area (Å²) < 4.78 is 5.41. The van der Waals surface area contributed by atoms with Crippen LogP contribution < -0.4 is 0 Å². The summed E-state index contributed by atoms with van der Waals surface area (Å²) in [5.41, 5.74) is 0.879. The number of ether oxygens (including phenoxy) is 1. The van der Waals surface area contributed by atoms with Crippen LogP contribution in [-0.2, 0) is 10.3 Å². The number of pyridine rings is 1. The lowest BCUT2D eigenvalue weighted by Crippen LogP contribution is -2.36. The number of hydrogen-bond acceptors (Lipinski definition) is 3. The minimum atomic E-state index is -0.883. The summed E-state index contributed by atoms with van der Waals surface area (Å²) in [7, 11) is 0. The zero-order chi connectivity index (χ0) is 11.7. The molecule has 1 atom stereocenters. The highest BCUT2D eigenvalue weighted by molar-refractivity contribution is 5.82. The lowest BCUT2D eigenvalue weighted by atomic mass is 9.87. The summed E-state index contributed by atoms with van der Waals surface area (Å²) in [5, 5.41) is 11.7. The lowest BCUT2D eigenvalue weighted by Gasteiger charge is -2.32. The fourth-order valence-electron chi connectivity index (χ4n) is 2.47. The fourth-order valence-corrected chi connectivity index (χ4v) is 2.47. The Hall–Kier alpha value is -1.45. The molecule has 2 aromatic rings. The van der Waals surface area contributed by atoms with Crippen molar-refractivity contribution in [3.8, 4) is 0 Å². The van der Waals surface area contributed by atoms with Gasteiger partial charge < -0.3 is 9.84 Å². The van der Waals surface area contributed by atoms with Crippen LogP contribution in [0.1, 0.15) is 18.4 Å². The molecule has 0 saturated carbocycles. The molecule has 1 aliphatic rings. The van der Waals surface area contributed by atoms with Gasteiger partial charge in [0.1, 0.15) is 5.60 Å². The second kappa shape index (κ2) is 4.09. The van der Waals surface area contributed by atoms with Crippen LogP contribution in [-0.4, -0.2) is 23.3 Å².